The summed E-state index contributed by atoms with van der Waals surface area (Å²) < 4.78 is 10.4. The number of anilines is 2. The van der Waals surface area contributed by atoms with E-state index < -0.39 is 6.04 Å². The summed E-state index contributed by atoms with van der Waals surface area (Å²) in [4.78, 5) is 25.6. The van der Waals surface area contributed by atoms with Gasteiger partial charge in [0.25, 0.3) is 11.8 Å². The van der Waals surface area contributed by atoms with Crippen LogP contribution in [0.1, 0.15) is 6.92 Å². The minimum absolute atomic E-state index is 0.151. The van der Waals surface area contributed by atoms with Crippen LogP contribution in [-0.2, 0) is 9.59 Å². The third-order valence-corrected chi connectivity index (χ3v) is 4.29. The predicted octanol–water partition coefficient (Wildman–Crippen LogP) is 1.18. The Hall–Kier alpha value is -3.06. The van der Waals surface area contributed by atoms with E-state index in [0.717, 1.165) is 4.90 Å². The molecule has 2 aromatic rings. The average Bonchev–Trinajstić information content (AvgIpc) is 2.67. The van der Waals surface area contributed by atoms with Gasteiger partial charge in [0.15, 0.2) is 12.6 Å². The highest BCUT2D eigenvalue weighted by Crippen LogP contribution is 2.22. The Morgan fingerprint density at radius 3 is 2.48 bits per heavy atom. The highest BCUT2D eigenvalue weighted by molar-refractivity contribution is 5.95. The summed E-state index contributed by atoms with van der Waals surface area (Å²) in [5.74, 6) is 0.883. The fourth-order valence-corrected chi connectivity index (χ4v) is 2.53. The van der Waals surface area contributed by atoms with Gasteiger partial charge in [-0.1, -0.05) is 18.2 Å². The van der Waals surface area contributed by atoms with E-state index in [9.17, 15) is 9.59 Å². The molecule has 27 heavy (non-hydrogen) atoms. The predicted molar refractivity (Wildman–Crippen MR) is 104 cm³/mol. The van der Waals surface area contributed by atoms with Crippen molar-refractivity contribution in [3.05, 3.63) is 48.5 Å². The largest absolute Gasteiger partial charge is 0.497 e. The van der Waals surface area contributed by atoms with E-state index in [1.54, 1.807) is 64.6 Å². The van der Waals surface area contributed by atoms with Crippen molar-refractivity contribution in [1.29, 1.82) is 0 Å². The first-order valence-electron chi connectivity index (χ1n) is 8.64. The zero-order valence-electron chi connectivity index (χ0n) is 16.0. The number of methoxy groups -OCH3 is 2. The molecule has 0 radical (unpaired) electrons. The molecule has 2 atom stereocenters. The van der Waals surface area contributed by atoms with Crippen LogP contribution < -0.4 is 25.0 Å². The molecule has 2 amide bonds. The van der Waals surface area contributed by atoms with Gasteiger partial charge in [-0.2, -0.15) is 0 Å². The van der Waals surface area contributed by atoms with Crippen molar-refractivity contribution in [3.8, 4) is 11.5 Å². The third-order valence-electron chi connectivity index (χ3n) is 4.29. The molecule has 0 saturated heterocycles. The summed E-state index contributed by atoms with van der Waals surface area (Å²) >= 11 is 0. The number of rotatable bonds is 8. The minimum atomic E-state index is -0.425. The van der Waals surface area contributed by atoms with Crippen LogP contribution in [0.4, 0.5) is 11.4 Å². The molecule has 0 fully saturated rings. The molecule has 0 heterocycles. The summed E-state index contributed by atoms with van der Waals surface area (Å²) in [5, 5.41) is 5.66. The number of benzene rings is 2. The lowest BCUT2D eigenvalue weighted by molar-refractivity contribution is -0.885. The Morgan fingerprint density at radius 2 is 1.78 bits per heavy atom. The number of para-hydroxylation sites is 2. The van der Waals surface area contributed by atoms with Gasteiger partial charge in [-0.25, -0.2) is 0 Å². The van der Waals surface area contributed by atoms with Crippen molar-refractivity contribution < 1.29 is 24.0 Å². The van der Waals surface area contributed by atoms with E-state index in [1.807, 2.05) is 12.1 Å². The van der Waals surface area contributed by atoms with Crippen molar-refractivity contribution in [2.75, 3.05) is 38.4 Å². The maximum Gasteiger partial charge on any atom is 0.282 e. The topological polar surface area (TPSA) is 81.1 Å². The van der Waals surface area contributed by atoms with Gasteiger partial charge in [0.1, 0.15) is 11.5 Å². The summed E-state index contributed by atoms with van der Waals surface area (Å²) in [6.07, 6.45) is 0. The Labute approximate surface area is 159 Å². The molecule has 7 nitrogen and oxygen atoms in total. The standard InChI is InChI=1S/C20H25N3O4/c1-14(20(25)22-17-10-5-6-11-18(17)27-4)23(2)13-19(24)21-15-8-7-9-16(12-15)26-3/h5-12,14H,13H2,1-4H3,(H,21,24)(H,22,25)/p+1/t14-/m1/s1. The van der Waals surface area contributed by atoms with Crippen molar-refractivity contribution in [2.24, 2.45) is 0 Å². The van der Waals surface area contributed by atoms with Gasteiger partial charge in [0.05, 0.1) is 27.0 Å². The normalized spacial score (nSPS) is 12.6. The first-order valence-corrected chi connectivity index (χ1v) is 8.64. The molecule has 2 aromatic carbocycles. The molecule has 7 heteroatoms. The van der Waals surface area contributed by atoms with Crippen molar-refractivity contribution in [1.82, 2.24) is 0 Å². The van der Waals surface area contributed by atoms with Gasteiger partial charge in [0, 0.05) is 11.8 Å². The summed E-state index contributed by atoms with van der Waals surface area (Å²) in [5.41, 5.74) is 1.25. The zero-order chi connectivity index (χ0) is 19.8. The molecule has 0 bridgehead atoms. The number of hydrogen-bond donors (Lipinski definition) is 3. The van der Waals surface area contributed by atoms with Gasteiger partial charge in [-0.05, 0) is 31.2 Å². The van der Waals surface area contributed by atoms with E-state index >= 15 is 0 Å². The lowest BCUT2D eigenvalue weighted by atomic mass is 10.2. The van der Waals surface area contributed by atoms with Crippen molar-refractivity contribution >= 4 is 23.2 Å². The molecular weight excluding hydrogens is 346 g/mol. The molecule has 0 saturated carbocycles. The molecule has 2 rings (SSSR count). The van der Waals surface area contributed by atoms with Crippen LogP contribution in [0.2, 0.25) is 0 Å². The maximum absolute atomic E-state index is 12.5. The van der Waals surface area contributed by atoms with E-state index in [-0.39, 0.29) is 18.4 Å². The highest BCUT2D eigenvalue weighted by Gasteiger charge is 2.24. The molecule has 0 aliphatic carbocycles. The van der Waals surface area contributed by atoms with Crippen LogP contribution in [0.3, 0.4) is 0 Å². The van der Waals surface area contributed by atoms with Crippen LogP contribution in [0.25, 0.3) is 0 Å². The fourth-order valence-electron chi connectivity index (χ4n) is 2.53. The average molecular weight is 372 g/mol. The first kappa shape index (κ1) is 20.3. The van der Waals surface area contributed by atoms with Crippen LogP contribution in [0.15, 0.2) is 48.5 Å². The molecule has 3 N–H and O–H groups in total. The van der Waals surface area contributed by atoms with E-state index in [0.29, 0.717) is 22.9 Å². The molecule has 0 aromatic heterocycles. The van der Waals surface area contributed by atoms with Crippen LogP contribution >= 0.6 is 0 Å². The molecule has 144 valence electrons. The summed E-state index contributed by atoms with van der Waals surface area (Å²) in [7, 11) is 4.92. The number of quaternary nitrogens is 1. The quantitative estimate of drug-likeness (QED) is 0.650. The summed E-state index contributed by atoms with van der Waals surface area (Å²) in [6, 6.07) is 13.9. The maximum atomic E-state index is 12.5. The van der Waals surface area contributed by atoms with Crippen LogP contribution in [0, 0.1) is 0 Å². The molecule has 1 unspecified atom stereocenters. The van der Waals surface area contributed by atoms with Gasteiger partial charge in [0.2, 0.25) is 0 Å². The van der Waals surface area contributed by atoms with Gasteiger partial charge >= 0.3 is 0 Å². The van der Waals surface area contributed by atoms with Crippen molar-refractivity contribution in [2.45, 2.75) is 13.0 Å². The third kappa shape index (κ3) is 5.72. The number of likely N-dealkylation sites (N-methyl/N-ethyl adjacent to an activating group) is 1. The van der Waals surface area contributed by atoms with E-state index in [4.69, 9.17) is 9.47 Å². The van der Waals surface area contributed by atoms with Gasteiger partial charge in [-0.3, -0.25) is 9.59 Å². The highest BCUT2D eigenvalue weighted by atomic mass is 16.5. The number of nitrogens with one attached hydrogen (secondary N) is 3. The van der Waals surface area contributed by atoms with Crippen LogP contribution in [-0.4, -0.2) is 45.7 Å². The number of amides is 2. The first-order chi connectivity index (χ1) is 12.9. The zero-order valence-corrected chi connectivity index (χ0v) is 16.0. The SMILES string of the molecule is COc1cccc(NC(=O)C[NH+](C)[C@H](C)C(=O)Nc2ccccc2OC)c1. The van der Waals surface area contributed by atoms with E-state index in [1.165, 1.54) is 0 Å². The monoisotopic (exact) mass is 372 g/mol. The lowest BCUT2D eigenvalue weighted by Crippen LogP contribution is -3.14. The van der Waals surface area contributed by atoms with Gasteiger partial charge < -0.3 is 25.0 Å². The minimum Gasteiger partial charge on any atom is -0.497 e. The Kier molecular flexibility index (Phi) is 7.19. The molecule has 0 aliphatic rings. The van der Waals surface area contributed by atoms with Crippen molar-refractivity contribution in [3.63, 3.8) is 0 Å². The lowest BCUT2D eigenvalue weighted by Gasteiger charge is -2.21. The smallest absolute Gasteiger partial charge is 0.282 e. The Morgan fingerprint density at radius 1 is 1.04 bits per heavy atom. The number of hydrogen-bond acceptors (Lipinski definition) is 4. The summed E-state index contributed by atoms with van der Waals surface area (Å²) in [6.45, 7) is 1.93. The van der Waals surface area contributed by atoms with Crippen LogP contribution in [0.5, 0.6) is 11.5 Å². The number of carbonyl (C=O) groups excluding carboxylic acids is 2. The van der Waals surface area contributed by atoms with Gasteiger partial charge in [-0.15, -0.1) is 0 Å². The Bertz CT molecular complexity index is 794. The molecule has 0 spiro atoms. The van der Waals surface area contributed by atoms with E-state index in [2.05, 4.69) is 10.6 Å². The Balaban J connectivity index is 1.92. The second-order valence-electron chi connectivity index (χ2n) is 6.21. The fraction of sp³-hybridized carbons (Fsp3) is 0.300. The second kappa shape index (κ2) is 9.59. The second-order valence-corrected chi connectivity index (χ2v) is 6.21. The molecular formula is C20H26N3O4+. The number of carbonyl (C=O) groups is 2. The number of ether oxygens (including phenoxy) is 2. The molecule has 0 aliphatic heterocycles.